The number of rotatable bonds is 7. The molecule has 0 aliphatic heterocycles. The van der Waals surface area contributed by atoms with Crippen LogP contribution in [-0.4, -0.2) is 37.6 Å². The van der Waals surface area contributed by atoms with Crippen molar-refractivity contribution in [3.63, 3.8) is 0 Å². The monoisotopic (exact) mass is 494 g/mol. The average Bonchev–Trinajstić information content (AvgIpc) is 3.53. The van der Waals surface area contributed by atoms with E-state index in [1.165, 1.54) is 18.2 Å². The number of para-hydroxylation sites is 1. The molecule has 3 heterocycles. The van der Waals surface area contributed by atoms with E-state index in [1.54, 1.807) is 44.2 Å². The number of hydrogen-bond acceptors (Lipinski definition) is 7. The first-order valence-electron chi connectivity index (χ1n) is 11.3. The van der Waals surface area contributed by atoms with Crippen molar-refractivity contribution in [1.29, 1.82) is 0 Å². The topological polar surface area (TPSA) is 119 Å². The fourth-order valence-corrected chi connectivity index (χ4v) is 3.64. The van der Waals surface area contributed by atoms with Crippen LogP contribution in [0.25, 0.3) is 11.6 Å². The molecule has 2 amide bonds. The highest BCUT2D eigenvalue weighted by Crippen LogP contribution is 2.32. The van der Waals surface area contributed by atoms with Gasteiger partial charge in [-0.05, 0) is 76.2 Å². The number of aryl methyl sites for hydroxylation is 2. The van der Waals surface area contributed by atoms with Crippen molar-refractivity contribution in [2.24, 2.45) is 0 Å². The Kier molecular flexibility index (Phi) is 6.73. The molecule has 1 N–H and O–H groups in total. The van der Waals surface area contributed by atoms with E-state index in [0.717, 1.165) is 9.70 Å². The number of tetrazole rings is 1. The lowest BCUT2D eigenvalue weighted by molar-refractivity contribution is -0.128. The molecule has 0 fully saturated rings. The van der Waals surface area contributed by atoms with Crippen molar-refractivity contribution in [3.8, 4) is 11.6 Å². The first kappa shape index (κ1) is 24.8. The van der Waals surface area contributed by atoms with Crippen LogP contribution in [0.2, 0.25) is 0 Å². The first-order chi connectivity index (χ1) is 17.0. The third kappa shape index (κ3) is 5.51. The molecule has 0 saturated heterocycles. The summed E-state index contributed by atoms with van der Waals surface area (Å²) < 4.78 is 26.3. The molecule has 11 heteroatoms. The summed E-state index contributed by atoms with van der Waals surface area (Å²) in [5.41, 5.74) is -0.711. The van der Waals surface area contributed by atoms with E-state index in [-0.39, 0.29) is 17.3 Å². The molecule has 0 aliphatic carbocycles. The van der Waals surface area contributed by atoms with Crippen molar-refractivity contribution < 1.29 is 22.8 Å². The van der Waals surface area contributed by atoms with Crippen LogP contribution in [0.3, 0.4) is 0 Å². The van der Waals surface area contributed by atoms with E-state index in [1.807, 2.05) is 20.8 Å². The number of carbonyl (C=O) groups is 2. The number of furan rings is 2. The van der Waals surface area contributed by atoms with Gasteiger partial charge in [0.05, 0.1) is 5.69 Å². The minimum Gasteiger partial charge on any atom is -0.464 e. The van der Waals surface area contributed by atoms with Crippen molar-refractivity contribution in [2.75, 3.05) is 4.90 Å². The Bertz CT molecular complexity index is 1380. The summed E-state index contributed by atoms with van der Waals surface area (Å²) >= 11 is 0. The molecule has 1 atom stereocenters. The minimum absolute atomic E-state index is 0.0902. The Morgan fingerprint density at radius 2 is 1.75 bits per heavy atom. The number of halogens is 1. The first-order valence-corrected chi connectivity index (χ1v) is 11.3. The fourth-order valence-electron chi connectivity index (χ4n) is 3.64. The molecular formula is C25H27FN6O4. The summed E-state index contributed by atoms with van der Waals surface area (Å²) in [5, 5.41) is 14.9. The number of benzene rings is 1. The summed E-state index contributed by atoms with van der Waals surface area (Å²) in [4.78, 5) is 29.3. The standard InChI is InChI=1S/C25H27FN6O4/c1-15-10-12-19(35-15)22(24(34)27-25(3,4)5)32(18-9-7-6-8-17(18)26)21(33)14-31-29-23(28-30-31)20-13-11-16(2)36-20/h6-13,22H,14H2,1-5H3,(H,27,34). The Hall–Kier alpha value is -4.28. The van der Waals surface area contributed by atoms with Gasteiger partial charge in [0.15, 0.2) is 11.8 Å². The molecule has 4 rings (SSSR count). The number of nitrogens with one attached hydrogen (secondary N) is 1. The molecule has 188 valence electrons. The molecule has 0 aliphatic rings. The molecule has 1 aromatic carbocycles. The van der Waals surface area contributed by atoms with Crippen molar-refractivity contribution in [2.45, 2.75) is 52.7 Å². The van der Waals surface area contributed by atoms with E-state index >= 15 is 4.39 Å². The van der Waals surface area contributed by atoms with E-state index < -0.39 is 35.8 Å². The molecule has 0 spiro atoms. The Morgan fingerprint density at radius 3 is 2.36 bits per heavy atom. The van der Waals surface area contributed by atoms with E-state index in [9.17, 15) is 9.59 Å². The molecule has 4 aromatic rings. The number of anilines is 1. The normalized spacial score (nSPS) is 12.4. The second-order valence-electron chi connectivity index (χ2n) is 9.36. The van der Waals surface area contributed by atoms with Crippen molar-refractivity contribution in [3.05, 3.63) is 71.6 Å². The van der Waals surface area contributed by atoms with Crippen LogP contribution in [0.4, 0.5) is 10.1 Å². The van der Waals surface area contributed by atoms with Crippen LogP contribution in [0.15, 0.2) is 57.4 Å². The molecule has 3 aromatic heterocycles. The number of amides is 2. The summed E-state index contributed by atoms with van der Waals surface area (Å²) in [6.45, 7) is 8.50. The summed E-state index contributed by atoms with van der Waals surface area (Å²) in [7, 11) is 0. The smallest absolute Gasteiger partial charge is 0.251 e. The predicted molar refractivity (Wildman–Crippen MR) is 128 cm³/mol. The lowest BCUT2D eigenvalue weighted by Crippen LogP contribution is -2.50. The van der Waals surface area contributed by atoms with Gasteiger partial charge in [-0.2, -0.15) is 4.80 Å². The second-order valence-corrected chi connectivity index (χ2v) is 9.36. The third-order valence-electron chi connectivity index (χ3n) is 5.11. The molecule has 1 unspecified atom stereocenters. The van der Waals surface area contributed by atoms with Gasteiger partial charge in [0.2, 0.25) is 5.82 Å². The van der Waals surface area contributed by atoms with Gasteiger partial charge in [0.25, 0.3) is 11.8 Å². The van der Waals surface area contributed by atoms with Crippen molar-refractivity contribution in [1.82, 2.24) is 25.5 Å². The quantitative estimate of drug-likeness (QED) is 0.413. The number of aromatic nitrogens is 4. The molecule has 0 saturated carbocycles. The van der Waals surface area contributed by atoms with Crippen LogP contribution in [0.5, 0.6) is 0 Å². The maximum atomic E-state index is 15.0. The molecule has 36 heavy (non-hydrogen) atoms. The van der Waals surface area contributed by atoms with Gasteiger partial charge in [0.1, 0.15) is 29.6 Å². The lowest BCUT2D eigenvalue weighted by Gasteiger charge is -2.32. The maximum absolute atomic E-state index is 15.0. The average molecular weight is 495 g/mol. The highest BCUT2D eigenvalue weighted by Gasteiger charge is 2.38. The molecule has 10 nitrogen and oxygen atoms in total. The zero-order valence-corrected chi connectivity index (χ0v) is 20.7. The second kappa shape index (κ2) is 9.76. The van der Waals surface area contributed by atoms with E-state index in [0.29, 0.717) is 17.3 Å². The largest absolute Gasteiger partial charge is 0.464 e. The SMILES string of the molecule is Cc1ccc(-c2nnn(CC(=O)N(c3ccccc3F)C(C(=O)NC(C)(C)C)c3ccc(C)o3)n2)o1. The van der Waals surface area contributed by atoms with Gasteiger partial charge < -0.3 is 14.2 Å². The van der Waals surface area contributed by atoms with Crippen LogP contribution in [0, 0.1) is 19.7 Å². The Morgan fingerprint density at radius 1 is 1.06 bits per heavy atom. The maximum Gasteiger partial charge on any atom is 0.251 e. The Labute approximate surface area is 207 Å². The zero-order valence-electron chi connectivity index (χ0n) is 20.7. The van der Waals surface area contributed by atoms with Gasteiger partial charge in [-0.25, -0.2) is 4.39 Å². The molecule has 0 bridgehead atoms. The van der Waals surface area contributed by atoms with Crippen LogP contribution in [0.1, 0.15) is 44.1 Å². The highest BCUT2D eigenvalue weighted by molar-refractivity contribution is 6.01. The van der Waals surface area contributed by atoms with Crippen LogP contribution >= 0.6 is 0 Å². The van der Waals surface area contributed by atoms with E-state index in [4.69, 9.17) is 8.83 Å². The lowest BCUT2D eigenvalue weighted by atomic mass is 10.1. The van der Waals surface area contributed by atoms with Crippen molar-refractivity contribution >= 4 is 17.5 Å². The van der Waals surface area contributed by atoms with Crippen LogP contribution in [-0.2, 0) is 16.1 Å². The van der Waals surface area contributed by atoms with Gasteiger partial charge >= 0.3 is 0 Å². The summed E-state index contributed by atoms with van der Waals surface area (Å²) in [5.74, 6) is 0.114. The van der Waals surface area contributed by atoms with E-state index in [2.05, 4.69) is 20.7 Å². The summed E-state index contributed by atoms with van der Waals surface area (Å²) in [6, 6.07) is 11.1. The van der Waals surface area contributed by atoms with Gasteiger partial charge in [-0.15, -0.1) is 10.2 Å². The third-order valence-corrected chi connectivity index (χ3v) is 5.11. The minimum atomic E-state index is -1.29. The fraction of sp³-hybridized carbons (Fsp3) is 0.320. The Balaban J connectivity index is 1.74. The zero-order chi connectivity index (χ0) is 26.0. The highest BCUT2D eigenvalue weighted by atomic mass is 19.1. The van der Waals surface area contributed by atoms with Crippen LogP contribution < -0.4 is 10.2 Å². The number of nitrogens with zero attached hydrogens (tertiary/aromatic N) is 5. The molecular weight excluding hydrogens is 467 g/mol. The summed E-state index contributed by atoms with van der Waals surface area (Å²) in [6.07, 6.45) is 0. The predicted octanol–water partition coefficient (Wildman–Crippen LogP) is 3.97. The van der Waals surface area contributed by atoms with Gasteiger partial charge in [-0.1, -0.05) is 12.1 Å². The number of hydrogen-bond donors (Lipinski definition) is 1. The van der Waals surface area contributed by atoms with Gasteiger partial charge in [0, 0.05) is 5.54 Å². The number of carbonyl (C=O) groups excluding carboxylic acids is 2. The molecule has 0 radical (unpaired) electrons. The van der Waals surface area contributed by atoms with Gasteiger partial charge in [-0.3, -0.25) is 14.5 Å².